The number of benzene rings is 6. The summed E-state index contributed by atoms with van der Waals surface area (Å²) in [6.07, 6.45) is 0. The summed E-state index contributed by atoms with van der Waals surface area (Å²) in [6, 6.07) is 50.6. The van der Waals surface area contributed by atoms with Crippen LogP contribution in [0.15, 0.2) is 156 Å². The molecule has 0 atom stereocenters. The summed E-state index contributed by atoms with van der Waals surface area (Å²) < 4.78 is 6.38. The van der Waals surface area contributed by atoms with Crippen LogP contribution in [0.3, 0.4) is 0 Å². The van der Waals surface area contributed by atoms with Crippen molar-refractivity contribution in [1.82, 2.24) is 24.9 Å². The largest absolute Gasteiger partial charge is 0.436 e. The van der Waals surface area contributed by atoms with Crippen LogP contribution in [0.25, 0.3) is 89.7 Å². The van der Waals surface area contributed by atoms with Crippen LogP contribution in [0.1, 0.15) is 0 Å². The average Bonchev–Trinajstić information content (AvgIpc) is 3.60. The molecule has 9 aromatic rings. The Balaban J connectivity index is 1.16. The van der Waals surface area contributed by atoms with Crippen LogP contribution in [0.4, 0.5) is 0 Å². The molecule has 47 heavy (non-hydrogen) atoms. The molecule has 0 aliphatic rings. The van der Waals surface area contributed by atoms with Gasteiger partial charge in [-0.05, 0) is 30.3 Å². The Morgan fingerprint density at radius 1 is 0.362 bits per heavy atom. The van der Waals surface area contributed by atoms with Crippen molar-refractivity contribution in [2.24, 2.45) is 0 Å². The van der Waals surface area contributed by atoms with Crippen molar-refractivity contribution in [2.75, 3.05) is 0 Å². The van der Waals surface area contributed by atoms with Gasteiger partial charge in [-0.2, -0.15) is 0 Å². The van der Waals surface area contributed by atoms with E-state index >= 15 is 0 Å². The second-order valence-electron chi connectivity index (χ2n) is 11.3. The van der Waals surface area contributed by atoms with Gasteiger partial charge < -0.3 is 4.42 Å². The molecule has 0 spiro atoms. The Labute approximate surface area is 270 Å². The first kappa shape index (κ1) is 26.8. The van der Waals surface area contributed by atoms with Gasteiger partial charge in [-0.25, -0.2) is 24.9 Å². The lowest BCUT2D eigenvalue weighted by atomic mass is 9.99. The molecule has 0 bridgehead atoms. The maximum atomic E-state index is 6.38. The summed E-state index contributed by atoms with van der Waals surface area (Å²) in [5.41, 5.74) is 8.05. The van der Waals surface area contributed by atoms with E-state index in [4.69, 9.17) is 29.3 Å². The lowest BCUT2D eigenvalue weighted by Gasteiger charge is -2.10. The molecule has 0 amide bonds. The third-order valence-electron chi connectivity index (χ3n) is 8.36. The van der Waals surface area contributed by atoms with E-state index in [1.165, 1.54) is 0 Å². The highest BCUT2D eigenvalue weighted by molar-refractivity contribution is 6.20. The van der Waals surface area contributed by atoms with E-state index in [-0.39, 0.29) is 0 Å². The summed E-state index contributed by atoms with van der Waals surface area (Å²) in [5.74, 6) is 2.40. The molecule has 9 rings (SSSR count). The van der Waals surface area contributed by atoms with E-state index in [1.54, 1.807) is 0 Å². The third kappa shape index (κ3) is 4.80. The Morgan fingerprint density at radius 3 is 1.49 bits per heavy atom. The van der Waals surface area contributed by atoms with E-state index in [0.29, 0.717) is 23.4 Å². The van der Waals surface area contributed by atoms with E-state index < -0.39 is 0 Å². The Bertz CT molecular complexity index is 2490. The number of aromatic nitrogens is 5. The van der Waals surface area contributed by atoms with Gasteiger partial charge in [-0.15, -0.1) is 0 Å². The first-order valence-electron chi connectivity index (χ1n) is 15.4. The number of fused-ring (bicyclic) bond motifs is 5. The molecule has 0 aliphatic carbocycles. The zero-order valence-electron chi connectivity index (χ0n) is 25.1. The van der Waals surface area contributed by atoms with Gasteiger partial charge in [0.15, 0.2) is 23.1 Å². The maximum Gasteiger partial charge on any atom is 0.227 e. The summed E-state index contributed by atoms with van der Waals surface area (Å²) in [7, 11) is 0. The predicted molar refractivity (Wildman–Crippen MR) is 187 cm³/mol. The van der Waals surface area contributed by atoms with E-state index in [0.717, 1.165) is 66.3 Å². The number of hydrogen-bond donors (Lipinski definition) is 0. The van der Waals surface area contributed by atoms with Gasteiger partial charge in [-0.3, -0.25) is 0 Å². The standard InChI is InChI=1S/C41H25N5O/c1-4-12-26(13-5-1)36-32-24-25-34-37(35(32)31-18-10-11-19-33(31)42-36)43-41(47-34)30-22-20-29(21-23-30)40-45-38(27-14-6-2-7-15-27)44-39(46-40)28-16-8-3-9-17-28/h1-25H. The molecule has 3 heterocycles. The summed E-state index contributed by atoms with van der Waals surface area (Å²) in [5, 5.41) is 3.11. The van der Waals surface area contributed by atoms with Crippen LogP contribution in [-0.4, -0.2) is 24.9 Å². The van der Waals surface area contributed by atoms with Crippen LogP contribution in [-0.2, 0) is 0 Å². The fraction of sp³-hybridized carbons (Fsp3) is 0. The van der Waals surface area contributed by atoms with Gasteiger partial charge in [-0.1, -0.05) is 121 Å². The monoisotopic (exact) mass is 603 g/mol. The molecule has 0 aliphatic heterocycles. The number of nitrogens with zero attached hydrogens (tertiary/aromatic N) is 5. The zero-order chi connectivity index (χ0) is 31.2. The molecule has 0 saturated carbocycles. The molecule has 220 valence electrons. The number of para-hydroxylation sites is 1. The minimum Gasteiger partial charge on any atom is -0.436 e. The average molecular weight is 604 g/mol. The fourth-order valence-electron chi connectivity index (χ4n) is 6.07. The Hall–Kier alpha value is -6.53. The van der Waals surface area contributed by atoms with Crippen LogP contribution < -0.4 is 0 Å². The van der Waals surface area contributed by atoms with Gasteiger partial charge >= 0.3 is 0 Å². The van der Waals surface area contributed by atoms with E-state index in [2.05, 4.69) is 24.3 Å². The van der Waals surface area contributed by atoms with Crippen molar-refractivity contribution in [2.45, 2.75) is 0 Å². The topological polar surface area (TPSA) is 77.6 Å². The van der Waals surface area contributed by atoms with Crippen LogP contribution in [0.2, 0.25) is 0 Å². The molecule has 0 radical (unpaired) electrons. The second-order valence-corrected chi connectivity index (χ2v) is 11.3. The molecule has 6 aromatic carbocycles. The van der Waals surface area contributed by atoms with Gasteiger partial charge in [0.25, 0.3) is 0 Å². The van der Waals surface area contributed by atoms with Crippen molar-refractivity contribution in [1.29, 1.82) is 0 Å². The van der Waals surface area contributed by atoms with Crippen LogP contribution in [0, 0.1) is 0 Å². The van der Waals surface area contributed by atoms with Gasteiger partial charge in [0.2, 0.25) is 5.89 Å². The second kappa shape index (κ2) is 11.1. The Kier molecular flexibility index (Phi) is 6.35. The third-order valence-corrected chi connectivity index (χ3v) is 8.36. The van der Waals surface area contributed by atoms with Crippen molar-refractivity contribution < 1.29 is 4.42 Å². The minimum absolute atomic E-state index is 0.548. The van der Waals surface area contributed by atoms with Crippen molar-refractivity contribution >= 4 is 32.8 Å². The van der Waals surface area contributed by atoms with E-state index in [9.17, 15) is 0 Å². The number of rotatable bonds is 5. The lowest BCUT2D eigenvalue weighted by Crippen LogP contribution is -2.00. The van der Waals surface area contributed by atoms with Crippen LogP contribution >= 0.6 is 0 Å². The smallest absolute Gasteiger partial charge is 0.227 e. The molecular weight excluding hydrogens is 578 g/mol. The van der Waals surface area contributed by atoms with E-state index in [1.807, 2.05) is 127 Å². The molecule has 0 unspecified atom stereocenters. The van der Waals surface area contributed by atoms with Crippen LogP contribution in [0.5, 0.6) is 0 Å². The number of hydrogen-bond acceptors (Lipinski definition) is 6. The SMILES string of the molecule is c1ccc(-c2nc(-c3ccccc3)nc(-c3ccc(-c4nc5c(ccc6c(-c7ccccc7)nc7ccccc7c65)o4)cc3)n2)cc1. The molecular formula is C41H25N5O. The molecule has 0 saturated heterocycles. The Morgan fingerprint density at radius 2 is 0.872 bits per heavy atom. The zero-order valence-corrected chi connectivity index (χ0v) is 25.1. The van der Waals surface area contributed by atoms with Crippen molar-refractivity contribution in [3.8, 4) is 56.9 Å². The summed E-state index contributed by atoms with van der Waals surface area (Å²) >= 11 is 0. The highest BCUT2D eigenvalue weighted by atomic mass is 16.3. The quantitative estimate of drug-likeness (QED) is 0.182. The normalized spacial score (nSPS) is 11.4. The maximum absolute atomic E-state index is 6.38. The lowest BCUT2D eigenvalue weighted by molar-refractivity contribution is 0.620. The first-order valence-corrected chi connectivity index (χ1v) is 15.4. The molecule has 3 aromatic heterocycles. The highest BCUT2D eigenvalue weighted by Gasteiger charge is 2.18. The van der Waals surface area contributed by atoms with Gasteiger partial charge in [0.05, 0.1) is 11.2 Å². The van der Waals surface area contributed by atoms with Gasteiger partial charge in [0.1, 0.15) is 5.52 Å². The number of pyridine rings is 1. The fourth-order valence-corrected chi connectivity index (χ4v) is 6.07. The minimum atomic E-state index is 0.548. The molecule has 6 nitrogen and oxygen atoms in total. The summed E-state index contributed by atoms with van der Waals surface area (Å²) in [6.45, 7) is 0. The first-order chi connectivity index (χ1) is 23.3. The van der Waals surface area contributed by atoms with Crippen molar-refractivity contribution in [3.05, 3.63) is 152 Å². The predicted octanol–water partition coefficient (Wildman–Crippen LogP) is 10.0. The molecule has 0 N–H and O–H groups in total. The molecule has 6 heteroatoms. The molecule has 0 fully saturated rings. The summed E-state index contributed by atoms with van der Waals surface area (Å²) in [4.78, 5) is 24.7. The van der Waals surface area contributed by atoms with Crippen molar-refractivity contribution in [3.63, 3.8) is 0 Å². The van der Waals surface area contributed by atoms with Gasteiger partial charge in [0, 0.05) is 44.0 Å². The highest BCUT2D eigenvalue weighted by Crippen LogP contribution is 2.38. The number of oxazole rings is 1.